The maximum atomic E-state index is 12.9. The van der Waals surface area contributed by atoms with E-state index in [9.17, 15) is 9.59 Å². The fourth-order valence-electron chi connectivity index (χ4n) is 3.70. The standard InChI is InChI=1S/C25H27N3O4/c1-4-5-12-31-23(29)15-28-14-16(2)26-24(25(28)30)27-17(3)18-10-11-22-20(13-18)19-8-6-7-9-21(19)32-22/h6-11,13-14,17H,4-5,12,15H2,1-3H3,(H,26,27)/t17-/m1/s1. The molecule has 2 aromatic heterocycles. The van der Waals surface area contributed by atoms with E-state index in [1.807, 2.05) is 50.2 Å². The third-order valence-corrected chi connectivity index (χ3v) is 5.41. The van der Waals surface area contributed by atoms with Gasteiger partial charge in [-0.2, -0.15) is 0 Å². The second-order valence-electron chi connectivity index (χ2n) is 7.96. The number of esters is 1. The summed E-state index contributed by atoms with van der Waals surface area (Å²) in [5.41, 5.74) is 2.94. The van der Waals surface area contributed by atoms with Crippen LogP contribution < -0.4 is 10.9 Å². The summed E-state index contributed by atoms with van der Waals surface area (Å²) in [6.45, 7) is 6.01. The van der Waals surface area contributed by atoms with Crippen molar-refractivity contribution in [2.24, 2.45) is 0 Å². The van der Waals surface area contributed by atoms with Crippen molar-refractivity contribution in [3.63, 3.8) is 0 Å². The number of nitrogens with one attached hydrogen (secondary N) is 1. The Kier molecular flexibility index (Phi) is 6.25. The van der Waals surface area contributed by atoms with E-state index in [2.05, 4.69) is 16.4 Å². The summed E-state index contributed by atoms with van der Waals surface area (Å²) in [4.78, 5) is 29.4. The van der Waals surface area contributed by atoms with E-state index in [0.29, 0.717) is 12.3 Å². The van der Waals surface area contributed by atoms with Crippen molar-refractivity contribution in [3.8, 4) is 0 Å². The van der Waals surface area contributed by atoms with Gasteiger partial charge in [0, 0.05) is 17.0 Å². The molecule has 0 amide bonds. The predicted octanol–water partition coefficient (Wildman–Crippen LogP) is 4.97. The lowest BCUT2D eigenvalue weighted by molar-refractivity contribution is -0.144. The molecule has 0 radical (unpaired) electrons. The van der Waals surface area contributed by atoms with Gasteiger partial charge in [-0.1, -0.05) is 37.6 Å². The van der Waals surface area contributed by atoms with Crippen LogP contribution >= 0.6 is 0 Å². The zero-order valence-corrected chi connectivity index (χ0v) is 18.6. The van der Waals surface area contributed by atoms with Crippen molar-refractivity contribution in [1.29, 1.82) is 0 Å². The Labute approximate surface area is 186 Å². The number of para-hydroxylation sites is 1. The third-order valence-electron chi connectivity index (χ3n) is 5.41. The molecule has 0 aliphatic heterocycles. The highest BCUT2D eigenvalue weighted by Gasteiger charge is 2.15. The van der Waals surface area contributed by atoms with E-state index in [4.69, 9.17) is 9.15 Å². The van der Waals surface area contributed by atoms with E-state index in [1.54, 1.807) is 13.1 Å². The highest BCUT2D eigenvalue weighted by atomic mass is 16.5. The van der Waals surface area contributed by atoms with Gasteiger partial charge in [-0.3, -0.25) is 14.2 Å². The van der Waals surface area contributed by atoms with E-state index in [-0.39, 0.29) is 24.0 Å². The van der Waals surface area contributed by atoms with Crippen molar-refractivity contribution in [2.45, 2.75) is 46.2 Å². The van der Waals surface area contributed by atoms with Gasteiger partial charge < -0.3 is 14.5 Å². The number of carbonyl (C=O) groups is 1. The number of ether oxygens (including phenoxy) is 1. The molecule has 32 heavy (non-hydrogen) atoms. The maximum absolute atomic E-state index is 12.9. The fourth-order valence-corrected chi connectivity index (χ4v) is 3.70. The minimum Gasteiger partial charge on any atom is -0.464 e. The van der Waals surface area contributed by atoms with Gasteiger partial charge >= 0.3 is 5.97 Å². The summed E-state index contributed by atoms with van der Waals surface area (Å²) in [7, 11) is 0. The number of anilines is 1. The fraction of sp³-hybridized carbons (Fsp3) is 0.320. The van der Waals surface area contributed by atoms with Crippen molar-refractivity contribution < 1.29 is 13.9 Å². The number of aryl methyl sites for hydroxylation is 1. The van der Waals surface area contributed by atoms with Crippen LogP contribution in [0.15, 0.2) is 57.9 Å². The lowest BCUT2D eigenvalue weighted by Gasteiger charge is -2.16. The number of benzene rings is 2. The molecule has 7 nitrogen and oxygen atoms in total. The van der Waals surface area contributed by atoms with E-state index in [1.165, 1.54) is 4.57 Å². The average Bonchev–Trinajstić information content (AvgIpc) is 3.15. The van der Waals surface area contributed by atoms with Gasteiger partial charge in [0.1, 0.15) is 17.7 Å². The minimum absolute atomic E-state index is 0.137. The first-order valence-electron chi connectivity index (χ1n) is 10.9. The van der Waals surface area contributed by atoms with Gasteiger partial charge in [-0.25, -0.2) is 4.98 Å². The van der Waals surface area contributed by atoms with Crippen molar-refractivity contribution >= 4 is 33.7 Å². The summed E-state index contributed by atoms with van der Waals surface area (Å²) in [5, 5.41) is 5.29. The Morgan fingerprint density at radius 1 is 1.19 bits per heavy atom. The second-order valence-corrected chi connectivity index (χ2v) is 7.96. The molecule has 4 rings (SSSR count). The molecule has 0 saturated heterocycles. The number of hydrogen-bond donors (Lipinski definition) is 1. The first-order valence-corrected chi connectivity index (χ1v) is 10.9. The Morgan fingerprint density at radius 2 is 1.97 bits per heavy atom. The molecule has 0 bridgehead atoms. The van der Waals surface area contributed by atoms with Crippen LogP contribution in [0.2, 0.25) is 0 Å². The highest BCUT2D eigenvalue weighted by molar-refractivity contribution is 6.05. The molecule has 0 aliphatic rings. The minimum atomic E-state index is -0.428. The predicted molar refractivity (Wildman–Crippen MR) is 125 cm³/mol. The number of nitrogens with zero attached hydrogens (tertiary/aromatic N) is 2. The summed E-state index contributed by atoms with van der Waals surface area (Å²) in [6.07, 6.45) is 3.31. The van der Waals surface area contributed by atoms with E-state index >= 15 is 0 Å². The van der Waals surface area contributed by atoms with Crippen molar-refractivity contribution in [3.05, 3.63) is 70.3 Å². The molecular weight excluding hydrogens is 406 g/mol. The number of furan rings is 1. The third kappa shape index (κ3) is 4.51. The summed E-state index contributed by atoms with van der Waals surface area (Å²) < 4.78 is 12.4. The number of unbranched alkanes of at least 4 members (excludes halogenated alkanes) is 1. The Morgan fingerprint density at radius 3 is 2.78 bits per heavy atom. The molecule has 0 unspecified atom stereocenters. The molecule has 7 heteroatoms. The van der Waals surface area contributed by atoms with Gasteiger partial charge in [0.2, 0.25) is 0 Å². The van der Waals surface area contributed by atoms with Crippen LogP contribution in [0.3, 0.4) is 0 Å². The molecule has 0 spiro atoms. The normalized spacial score (nSPS) is 12.2. The second kappa shape index (κ2) is 9.26. The van der Waals surface area contributed by atoms with E-state index in [0.717, 1.165) is 40.3 Å². The van der Waals surface area contributed by atoms with Crippen LogP contribution in [-0.2, 0) is 16.1 Å². The van der Waals surface area contributed by atoms with Gasteiger partial charge in [0.05, 0.1) is 18.3 Å². The molecular formula is C25H27N3O4. The molecule has 0 saturated carbocycles. The average molecular weight is 434 g/mol. The lowest BCUT2D eigenvalue weighted by Crippen LogP contribution is -2.29. The molecule has 2 heterocycles. The number of aromatic nitrogens is 2. The van der Waals surface area contributed by atoms with Crippen LogP contribution in [0.25, 0.3) is 21.9 Å². The monoisotopic (exact) mass is 433 g/mol. The van der Waals surface area contributed by atoms with Gasteiger partial charge in [-0.15, -0.1) is 0 Å². The van der Waals surface area contributed by atoms with Crippen LogP contribution in [0.5, 0.6) is 0 Å². The SMILES string of the molecule is CCCCOC(=O)Cn1cc(C)nc(N[C@H](C)c2ccc3oc4ccccc4c3c2)c1=O. The zero-order chi connectivity index (χ0) is 22.7. The summed E-state index contributed by atoms with van der Waals surface area (Å²) in [5.74, 6) is -0.224. The molecule has 2 aromatic carbocycles. The summed E-state index contributed by atoms with van der Waals surface area (Å²) >= 11 is 0. The smallest absolute Gasteiger partial charge is 0.326 e. The summed E-state index contributed by atoms with van der Waals surface area (Å²) in [6, 6.07) is 13.7. The van der Waals surface area contributed by atoms with Crippen LogP contribution in [-0.4, -0.2) is 22.1 Å². The lowest BCUT2D eigenvalue weighted by atomic mass is 10.0. The quantitative estimate of drug-likeness (QED) is 0.312. The van der Waals surface area contributed by atoms with Crippen LogP contribution in [0.4, 0.5) is 5.82 Å². The van der Waals surface area contributed by atoms with Crippen molar-refractivity contribution in [1.82, 2.24) is 9.55 Å². The molecule has 1 atom stereocenters. The Balaban J connectivity index is 1.57. The van der Waals surface area contributed by atoms with Crippen LogP contribution in [0.1, 0.15) is 44.0 Å². The van der Waals surface area contributed by atoms with E-state index < -0.39 is 5.97 Å². The number of fused-ring (bicyclic) bond motifs is 3. The molecule has 0 aliphatic carbocycles. The Hall–Kier alpha value is -3.61. The molecule has 1 N–H and O–H groups in total. The molecule has 166 valence electrons. The molecule has 0 fully saturated rings. The van der Waals surface area contributed by atoms with Gasteiger partial charge in [0.25, 0.3) is 5.56 Å². The largest absolute Gasteiger partial charge is 0.464 e. The number of hydrogen-bond acceptors (Lipinski definition) is 6. The van der Waals surface area contributed by atoms with Crippen LogP contribution in [0, 0.1) is 6.92 Å². The topological polar surface area (TPSA) is 86.4 Å². The zero-order valence-electron chi connectivity index (χ0n) is 18.6. The first kappa shape index (κ1) is 21.6. The Bertz CT molecular complexity index is 1320. The number of rotatable bonds is 8. The molecule has 4 aromatic rings. The number of carbonyl (C=O) groups excluding carboxylic acids is 1. The van der Waals surface area contributed by atoms with Gasteiger partial charge in [-0.05, 0) is 44.0 Å². The first-order chi connectivity index (χ1) is 15.5. The maximum Gasteiger partial charge on any atom is 0.326 e. The van der Waals surface area contributed by atoms with Crippen molar-refractivity contribution in [2.75, 3.05) is 11.9 Å². The van der Waals surface area contributed by atoms with Gasteiger partial charge in [0.15, 0.2) is 5.82 Å². The highest BCUT2D eigenvalue weighted by Crippen LogP contribution is 2.31.